The average molecular weight is 242 g/mol. The molecule has 0 aliphatic heterocycles. The second-order valence-corrected chi connectivity index (χ2v) is 4.42. The van der Waals surface area contributed by atoms with E-state index in [0.717, 1.165) is 11.3 Å². The lowest BCUT2D eigenvalue weighted by molar-refractivity contribution is 0.258. The Kier molecular flexibility index (Phi) is 4.00. The molecule has 0 aliphatic carbocycles. The summed E-state index contributed by atoms with van der Waals surface area (Å²) in [7, 11) is 0. The van der Waals surface area contributed by atoms with Gasteiger partial charge in [-0.2, -0.15) is 0 Å². The highest BCUT2D eigenvalue weighted by Crippen LogP contribution is 2.21. The van der Waals surface area contributed by atoms with Gasteiger partial charge in [0.2, 0.25) is 0 Å². The molecule has 0 aromatic heterocycles. The van der Waals surface area contributed by atoms with Crippen LogP contribution in [0.15, 0.2) is 42.5 Å². The fourth-order valence-corrected chi connectivity index (χ4v) is 2.00. The van der Waals surface area contributed by atoms with E-state index in [4.69, 9.17) is 4.74 Å². The van der Waals surface area contributed by atoms with Crippen LogP contribution >= 0.6 is 0 Å². The van der Waals surface area contributed by atoms with Crippen molar-refractivity contribution in [3.8, 4) is 5.75 Å². The molecule has 2 nitrogen and oxygen atoms in total. The van der Waals surface area contributed by atoms with Crippen LogP contribution in [0, 0.1) is 13.8 Å². The van der Waals surface area contributed by atoms with Crippen LogP contribution in [0.5, 0.6) is 5.75 Å². The molecule has 0 saturated heterocycles. The molecule has 0 radical (unpaired) electrons. The molecule has 0 saturated carbocycles. The number of aryl methyl sites for hydroxylation is 2. The van der Waals surface area contributed by atoms with Crippen LogP contribution in [0.25, 0.3) is 0 Å². The molecular weight excluding hydrogens is 224 g/mol. The number of ether oxygens (including phenoxy) is 1. The summed E-state index contributed by atoms with van der Waals surface area (Å²) in [5.41, 5.74) is 4.50. The molecule has 0 aliphatic rings. The monoisotopic (exact) mass is 242 g/mol. The zero-order chi connectivity index (χ0) is 13.0. The summed E-state index contributed by atoms with van der Waals surface area (Å²) in [4.78, 5) is 0. The van der Waals surface area contributed by atoms with E-state index in [2.05, 4.69) is 32.0 Å². The minimum absolute atomic E-state index is 0.00290. The van der Waals surface area contributed by atoms with Gasteiger partial charge in [-0.05, 0) is 36.6 Å². The number of hydrogen-bond acceptors (Lipinski definition) is 2. The lowest BCUT2D eigenvalue weighted by Gasteiger charge is -2.13. The maximum atomic E-state index is 9.24. The molecule has 0 spiro atoms. The highest BCUT2D eigenvalue weighted by Gasteiger charge is 2.05. The second kappa shape index (κ2) is 5.69. The molecule has 18 heavy (non-hydrogen) atoms. The van der Waals surface area contributed by atoms with Crippen molar-refractivity contribution in [1.29, 1.82) is 0 Å². The van der Waals surface area contributed by atoms with Gasteiger partial charge in [0.05, 0.1) is 6.61 Å². The first kappa shape index (κ1) is 12.7. The lowest BCUT2D eigenvalue weighted by atomic mass is 10.0. The number of benzene rings is 2. The van der Waals surface area contributed by atoms with E-state index >= 15 is 0 Å². The molecule has 0 fully saturated rings. The van der Waals surface area contributed by atoms with Crippen LogP contribution in [0.4, 0.5) is 0 Å². The van der Waals surface area contributed by atoms with E-state index < -0.39 is 0 Å². The summed E-state index contributed by atoms with van der Waals surface area (Å²) in [5.74, 6) is 0.752. The maximum absolute atomic E-state index is 9.24. The predicted octanol–water partition coefficient (Wildman–Crippen LogP) is 3.37. The van der Waals surface area contributed by atoms with Gasteiger partial charge in [-0.15, -0.1) is 0 Å². The molecule has 0 amide bonds. The molecule has 2 heteroatoms. The molecule has 2 aromatic rings. The van der Waals surface area contributed by atoms with Gasteiger partial charge in [-0.25, -0.2) is 0 Å². The van der Waals surface area contributed by atoms with Crippen molar-refractivity contribution in [2.45, 2.75) is 27.1 Å². The van der Waals surface area contributed by atoms with Crippen molar-refractivity contribution >= 4 is 0 Å². The first-order valence-electron chi connectivity index (χ1n) is 6.09. The van der Waals surface area contributed by atoms with Gasteiger partial charge in [0.25, 0.3) is 0 Å². The molecule has 0 bridgehead atoms. The van der Waals surface area contributed by atoms with E-state index in [1.54, 1.807) is 0 Å². The Bertz CT molecular complexity index is 512. The summed E-state index contributed by atoms with van der Waals surface area (Å²) in [6.45, 7) is 4.71. The quantitative estimate of drug-likeness (QED) is 0.890. The average Bonchev–Trinajstić information content (AvgIpc) is 2.38. The van der Waals surface area contributed by atoms with E-state index in [-0.39, 0.29) is 6.61 Å². The standard InChI is InChI=1S/C16H18O2/c1-12-6-5-7-13(2)15(12)11-18-16-9-4-3-8-14(16)10-17/h3-9,17H,10-11H2,1-2H3. The van der Waals surface area contributed by atoms with Gasteiger partial charge in [0.15, 0.2) is 0 Å². The largest absolute Gasteiger partial charge is 0.489 e. The number of aliphatic hydroxyl groups is 1. The fraction of sp³-hybridized carbons (Fsp3) is 0.250. The van der Waals surface area contributed by atoms with Gasteiger partial charge >= 0.3 is 0 Å². The smallest absolute Gasteiger partial charge is 0.125 e. The second-order valence-electron chi connectivity index (χ2n) is 4.42. The van der Waals surface area contributed by atoms with Gasteiger partial charge in [0.1, 0.15) is 12.4 Å². The SMILES string of the molecule is Cc1cccc(C)c1COc1ccccc1CO. The predicted molar refractivity (Wildman–Crippen MR) is 72.6 cm³/mol. The van der Waals surface area contributed by atoms with Crippen LogP contribution in [-0.4, -0.2) is 5.11 Å². The van der Waals surface area contributed by atoms with Gasteiger partial charge < -0.3 is 9.84 Å². The zero-order valence-corrected chi connectivity index (χ0v) is 10.8. The van der Waals surface area contributed by atoms with Crippen LogP contribution in [0.3, 0.4) is 0 Å². The third-order valence-electron chi connectivity index (χ3n) is 3.16. The Labute approximate surface area is 108 Å². The molecule has 2 rings (SSSR count). The molecule has 94 valence electrons. The third kappa shape index (κ3) is 2.71. The Morgan fingerprint density at radius 3 is 2.28 bits per heavy atom. The highest BCUT2D eigenvalue weighted by molar-refractivity contribution is 5.35. The first-order valence-corrected chi connectivity index (χ1v) is 6.09. The van der Waals surface area contributed by atoms with Crippen molar-refractivity contribution in [2.75, 3.05) is 0 Å². The minimum atomic E-state index is 0.00290. The van der Waals surface area contributed by atoms with E-state index in [9.17, 15) is 5.11 Å². The number of rotatable bonds is 4. The number of hydrogen-bond donors (Lipinski definition) is 1. The van der Waals surface area contributed by atoms with E-state index in [1.807, 2.05) is 24.3 Å². The zero-order valence-electron chi connectivity index (χ0n) is 10.8. The summed E-state index contributed by atoms with van der Waals surface area (Å²) in [6, 6.07) is 13.8. The van der Waals surface area contributed by atoms with E-state index in [0.29, 0.717) is 6.61 Å². The first-order chi connectivity index (χ1) is 8.72. The highest BCUT2D eigenvalue weighted by atomic mass is 16.5. The Hall–Kier alpha value is -1.80. The Balaban J connectivity index is 2.16. The van der Waals surface area contributed by atoms with Crippen LogP contribution in [0.1, 0.15) is 22.3 Å². The van der Waals surface area contributed by atoms with Crippen molar-refractivity contribution in [3.63, 3.8) is 0 Å². The normalized spacial score (nSPS) is 10.4. The molecular formula is C16H18O2. The summed E-state index contributed by atoms with van der Waals surface area (Å²) in [5, 5.41) is 9.24. The Morgan fingerprint density at radius 1 is 0.944 bits per heavy atom. The van der Waals surface area contributed by atoms with Gasteiger partial charge in [-0.3, -0.25) is 0 Å². The summed E-state index contributed by atoms with van der Waals surface area (Å²) < 4.78 is 5.82. The maximum Gasteiger partial charge on any atom is 0.125 e. The topological polar surface area (TPSA) is 29.5 Å². The van der Waals surface area contributed by atoms with Gasteiger partial charge in [0, 0.05) is 5.56 Å². The Morgan fingerprint density at radius 2 is 1.61 bits per heavy atom. The third-order valence-corrected chi connectivity index (χ3v) is 3.16. The molecule has 0 heterocycles. The molecule has 0 unspecified atom stereocenters. The number of aliphatic hydroxyl groups excluding tert-OH is 1. The van der Waals surface area contributed by atoms with E-state index in [1.165, 1.54) is 16.7 Å². The van der Waals surface area contributed by atoms with Gasteiger partial charge in [-0.1, -0.05) is 36.4 Å². The van der Waals surface area contributed by atoms with Crippen molar-refractivity contribution in [2.24, 2.45) is 0 Å². The van der Waals surface area contributed by atoms with Crippen LogP contribution in [0.2, 0.25) is 0 Å². The molecule has 2 aromatic carbocycles. The van der Waals surface area contributed by atoms with Crippen LogP contribution < -0.4 is 4.74 Å². The van der Waals surface area contributed by atoms with Crippen molar-refractivity contribution < 1.29 is 9.84 Å². The minimum Gasteiger partial charge on any atom is -0.489 e. The molecule has 0 atom stereocenters. The fourth-order valence-electron chi connectivity index (χ4n) is 2.00. The van der Waals surface area contributed by atoms with Crippen molar-refractivity contribution in [3.05, 3.63) is 64.7 Å². The summed E-state index contributed by atoms with van der Waals surface area (Å²) in [6.07, 6.45) is 0. The van der Waals surface area contributed by atoms with Crippen LogP contribution in [-0.2, 0) is 13.2 Å². The molecule has 1 N–H and O–H groups in total. The van der Waals surface area contributed by atoms with Crippen molar-refractivity contribution in [1.82, 2.24) is 0 Å². The summed E-state index contributed by atoms with van der Waals surface area (Å²) >= 11 is 0. The lowest BCUT2D eigenvalue weighted by Crippen LogP contribution is -2.02. The number of para-hydroxylation sites is 1.